The second-order valence-electron chi connectivity index (χ2n) is 4.58. The molecule has 0 saturated heterocycles. The number of hydrogen-bond acceptors (Lipinski definition) is 3. The number of likely N-dealkylation sites (N-methyl/N-ethyl adjacent to an activating group) is 1. The highest BCUT2D eigenvalue weighted by Crippen LogP contribution is 2.51. The fourth-order valence-corrected chi connectivity index (χ4v) is 3.46. The number of para-hydroxylation sites is 1. The topological polar surface area (TPSA) is 29.3 Å². The molecule has 1 atom stereocenters. The average molecular weight is 254 g/mol. The lowest BCUT2D eigenvalue weighted by Crippen LogP contribution is -2.47. The number of anilines is 1. The monoisotopic (exact) mass is 254 g/mol. The molecular formula is C13H19FN2S. The summed E-state index contributed by atoms with van der Waals surface area (Å²) in [6, 6.07) is 7.09. The van der Waals surface area contributed by atoms with Crippen LogP contribution in [0.15, 0.2) is 24.3 Å². The Hall–Kier alpha value is -0.740. The number of rotatable bonds is 5. The largest absolute Gasteiger partial charge is 0.367 e. The second kappa shape index (κ2) is 4.86. The predicted molar refractivity (Wildman–Crippen MR) is 73.1 cm³/mol. The van der Waals surface area contributed by atoms with E-state index in [2.05, 4.69) is 6.26 Å². The number of halogens is 1. The van der Waals surface area contributed by atoms with Gasteiger partial charge >= 0.3 is 0 Å². The summed E-state index contributed by atoms with van der Waals surface area (Å²) < 4.78 is 14.0. The van der Waals surface area contributed by atoms with Crippen LogP contribution in [0.2, 0.25) is 0 Å². The van der Waals surface area contributed by atoms with Crippen molar-refractivity contribution in [2.24, 2.45) is 5.73 Å². The summed E-state index contributed by atoms with van der Waals surface area (Å²) in [7, 11) is 1.94. The molecule has 17 heavy (non-hydrogen) atoms. The molecule has 0 aliphatic heterocycles. The van der Waals surface area contributed by atoms with E-state index in [1.807, 2.05) is 35.8 Å². The smallest absolute Gasteiger partial charge is 0.146 e. The molecule has 1 aliphatic rings. The van der Waals surface area contributed by atoms with Gasteiger partial charge in [0.25, 0.3) is 0 Å². The third-order valence-corrected chi connectivity index (χ3v) is 5.17. The van der Waals surface area contributed by atoms with Gasteiger partial charge in [0.2, 0.25) is 0 Å². The summed E-state index contributed by atoms with van der Waals surface area (Å²) in [5.74, 6) is -0.176. The van der Waals surface area contributed by atoms with Crippen molar-refractivity contribution in [3.05, 3.63) is 30.1 Å². The lowest BCUT2D eigenvalue weighted by atomic mass is 10.1. The van der Waals surface area contributed by atoms with Crippen LogP contribution in [0.4, 0.5) is 10.1 Å². The quantitative estimate of drug-likeness (QED) is 0.875. The van der Waals surface area contributed by atoms with Crippen LogP contribution in [0, 0.1) is 5.82 Å². The molecule has 1 unspecified atom stereocenters. The van der Waals surface area contributed by atoms with Gasteiger partial charge in [-0.25, -0.2) is 4.39 Å². The maximum Gasteiger partial charge on any atom is 0.146 e. The van der Waals surface area contributed by atoms with Crippen LogP contribution in [-0.4, -0.2) is 30.6 Å². The second-order valence-corrected chi connectivity index (χ2v) is 5.80. The lowest BCUT2D eigenvalue weighted by Gasteiger charge is -2.35. The van der Waals surface area contributed by atoms with Crippen molar-refractivity contribution >= 4 is 17.4 Å². The molecule has 2 rings (SSSR count). The number of nitrogens with two attached hydrogens (primary N) is 1. The molecule has 1 fully saturated rings. The Balaban J connectivity index is 2.24. The van der Waals surface area contributed by atoms with Gasteiger partial charge in [-0.15, -0.1) is 0 Å². The number of thioether (sulfide) groups is 1. The van der Waals surface area contributed by atoms with Crippen molar-refractivity contribution in [2.45, 2.75) is 23.6 Å². The van der Waals surface area contributed by atoms with Gasteiger partial charge in [-0.2, -0.15) is 11.8 Å². The van der Waals surface area contributed by atoms with Crippen LogP contribution in [0.25, 0.3) is 0 Å². The number of hydrogen-bond donors (Lipinski definition) is 1. The summed E-state index contributed by atoms with van der Waals surface area (Å²) in [6.07, 6.45) is 4.47. The molecule has 0 aromatic heterocycles. The molecule has 1 aromatic carbocycles. The lowest BCUT2D eigenvalue weighted by molar-refractivity contribution is 0.573. The Labute approximate surface area is 106 Å². The third-order valence-electron chi connectivity index (χ3n) is 3.68. The van der Waals surface area contributed by atoms with Gasteiger partial charge in [0.15, 0.2) is 0 Å². The van der Waals surface area contributed by atoms with Crippen molar-refractivity contribution in [1.29, 1.82) is 0 Å². The summed E-state index contributed by atoms with van der Waals surface area (Å²) >= 11 is 1.86. The molecule has 0 spiro atoms. The fraction of sp³-hybridized carbons (Fsp3) is 0.538. The summed E-state index contributed by atoms with van der Waals surface area (Å²) in [5.41, 5.74) is 6.53. The Morgan fingerprint density at radius 3 is 2.59 bits per heavy atom. The molecule has 0 bridgehead atoms. The highest BCUT2D eigenvalue weighted by atomic mass is 32.2. The van der Waals surface area contributed by atoms with Crippen molar-refractivity contribution < 1.29 is 4.39 Å². The van der Waals surface area contributed by atoms with Gasteiger partial charge in [0, 0.05) is 18.3 Å². The maximum atomic E-state index is 13.8. The first-order chi connectivity index (χ1) is 8.14. The van der Waals surface area contributed by atoms with E-state index >= 15 is 0 Å². The standard InChI is InChI=1S/C13H19FN2S/c1-16(11-6-4-3-5-10(11)14)12(9-15)13(17-2)7-8-13/h3-6,12H,7-9,15H2,1-2H3. The molecule has 1 aromatic rings. The molecule has 2 nitrogen and oxygen atoms in total. The van der Waals surface area contributed by atoms with E-state index in [4.69, 9.17) is 5.73 Å². The van der Waals surface area contributed by atoms with E-state index in [0.29, 0.717) is 12.2 Å². The van der Waals surface area contributed by atoms with Crippen LogP contribution in [0.5, 0.6) is 0 Å². The van der Waals surface area contributed by atoms with E-state index in [1.165, 1.54) is 18.9 Å². The van der Waals surface area contributed by atoms with Gasteiger partial charge < -0.3 is 10.6 Å². The van der Waals surface area contributed by atoms with Gasteiger partial charge in [0.1, 0.15) is 5.82 Å². The highest BCUT2D eigenvalue weighted by Gasteiger charge is 2.50. The summed E-state index contributed by atoms with van der Waals surface area (Å²) in [6.45, 7) is 0.561. The first kappa shape index (κ1) is 12.7. The van der Waals surface area contributed by atoms with Gasteiger partial charge in [-0.1, -0.05) is 12.1 Å². The molecule has 4 heteroatoms. The first-order valence-electron chi connectivity index (χ1n) is 5.87. The van der Waals surface area contributed by atoms with Crippen molar-refractivity contribution in [1.82, 2.24) is 0 Å². The van der Waals surface area contributed by atoms with Crippen LogP contribution in [0.1, 0.15) is 12.8 Å². The Morgan fingerprint density at radius 2 is 2.12 bits per heavy atom. The zero-order chi connectivity index (χ0) is 12.5. The molecule has 2 N–H and O–H groups in total. The number of nitrogens with zero attached hydrogens (tertiary/aromatic N) is 1. The van der Waals surface area contributed by atoms with Crippen molar-refractivity contribution in [2.75, 3.05) is 24.7 Å². The first-order valence-corrected chi connectivity index (χ1v) is 7.09. The zero-order valence-electron chi connectivity index (χ0n) is 10.3. The molecule has 1 saturated carbocycles. The zero-order valence-corrected chi connectivity index (χ0v) is 11.1. The normalized spacial score (nSPS) is 18.8. The van der Waals surface area contributed by atoms with E-state index in [-0.39, 0.29) is 16.6 Å². The van der Waals surface area contributed by atoms with Gasteiger partial charge in [0.05, 0.1) is 11.7 Å². The van der Waals surface area contributed by atoms with Gasteiger partial charge in [-0.3, -0.25) is 0 Å². The Morgan fingerprint density at radius 1 is 1.47 bits per heavy atom. The van der Waals surface area contributed by atoms with Crippen molar-refractivity contribution in [3.8, 4) is 0 Å². The van der Waals surface area contributed by atoms with Crippen molar-refractivity contribution in [3.63, 3.8) is 0 Å². The maximum absolute atomic E-state index is 13.8. The minimum atomic E-state index is -0.176. The highest BCUT2D eigenvalue weighted by molar-refractivity contribution is 8.00. The molecule has 1 aliphatic carbocycles. The van der Waals surface area contributed by atoms with Crippen LogP contribution < -0.4 is 10.6 Å². The minimum Gasteiger partial charge on any atom is -0.367 e. The fourth-order valence-electron chi connectivity index (χ4n) is 2.43. The average Bonchev–Trinajstić information content (AvgIpc) is 3.11. The van der Waals surface area contributed by atoms with Crippen LogP contribution in [0.3, 0.4) is 0 Å². The van der Waals surface area contributed by atoms with Crippen LogP contribution >= 0.6 is 11.8 Å². The molecular weight excluding hydrogens is 235 g/mol. The third kappa shape index (κ3) is 2.29. The summed E-state index contributed by atoms with van der Waals surface area (Å²) in [4.78, 5) is 2.00. The van der Waals surface area contributed by atoms with E-state index in [1.54, 1.807) is 6.07 Å². The molecule has 0 amide bonds. The Bertz CT molecular complexity index is 393. The number of benzene rings is 1. The van der Waals surface area contributed by atoms with Crippen LogP contribution in [-0.2, 0) is 0 Å². The van der Waals surface area contributed by atoms with E-state index in [0.717, 1.165) is 0 Å². The predicted octanol–water partition coefficient (Wildman–Crippen LogP) is 2.48. The molecule has 0 heterocycles. The molecule has 94 valence electrons. The summed E-state index contributed by atoms with van der Waals surface area (Å²) in [5, 5.41) is 0. The van der Waals surface area contributed by atoms with Gasteiger partial charge in [-0.05, 0) is 31.2 Å². The van der Waals surface area contributed by atoms with E-state index < -0.39 is 0 Å². The minimum absolute atomic E-state index is 0.176. The van der Waals surface area contributed by atoms with E-state index in [9.17, 15) is 4.39 Å². The molecule has 0 radical (unpaired) electrons. The Kier molecular flexibility index (Phi) is 3.64. The SMILES string of the molecule is CSC1(C(CN)N(C)c2ccccc2F)CC1.